The number of aliphatic hydroxyl groups excluding tert-OH is 1. The third-order valence-corrected chi connectivity index (χ3v) is 5.23. The molecule has 2 rings (SSSR count). The summed E-state index contributed by atoms with van der Waals surface area (Å²) >= 11 is 0. The summed E-state index contributed by atoms with van der Waals surface area (Å²) in [6.07, 6.45) is 1.29. The fraction of sp³-hybridized carbons (Fsp3) is 0.579. The number of furan rings is 1. The van der Waals surface area contributed by atoms with Crippen molar-refractivity contribution >= 4 is 11.8 Å². The predicted octanol–water partition coefficient (Wildman–Crippen LogP) is 2.35. The molecule has 6 nitrogen and oxygen atoms in total. The first-order chi connectivity index (χ1) is 11.6. The van der Waals surface area contributed by atoms with Gasteiger partial charge in [0.15, 0.2) is 5.78 Å². The van der Waals surface area contributed by atoms with Crippen molar-refractivity contribution in [2.45, 2.75) is 52.4 Å². The van der Waals surface area contributed by atoms with Crippen LogP contribution in [-0.4, -0.2) is 39.8 Å². The molecule has 2 N–H and O–H groups in total. The smallest absolute Gasteiger partial charge is 0.374 e. The highest BCUT2D eigenvalue weighted by Gasteiger charge is 2.60. The largest absolute Gasteiger partial charge is 0.457 e. The van der Waals surface area contributed by atoms with Crippen LogP contribution in [0.4, 0.5) is 0 Å². The Bertz CT molecular complexity index is 655. The van der Waals surface area contributed by atoms with E-state index < -0.39 is 35.6 Å². The number of ketones is 1. The Balaban J connectivity index is 2.40. The lowest BCUT2D eigenvalue weighted by Gasteiger charge is -2.34. The number of ether oxygens (including phenoxy) is 1. The van der Waals surface area contributed by atoms with Gasteiger partial charge in [-0.1, -0.05) is 13.0 Å². The van der Waals surface area contributed by atoms with E-state index in [1.165, 1.54) is 26.2 Å². The second-order valence-electron chi connectivity index (χ2n) is 6.98. The van der Waals surface area contributed by atoms with Crippen LogP contribution in [0.3, 0.4) is 0 Å². The lowest BCUT2D eigenvalue weighted by molar-refractivity contribution is -0.115. The molecule has 0 aliphatic heterocycles. The van der Waals surface area contributed by atoms with Gasteiger partial charge in [0.2, 0.25) is 5.76 Å². The summed E-state index contributed by atoms with van der Waals surface area (Å²) in [6, 6.07) is 3.05. The Labute approximate surface area is 147 Å². The minimum atomic E-state index is -1.50. The molecule has 1 aliphatic carbocycles. The Morgan fingerprint density at radius 1 is 1.44 bits per heavy atom. The molecule has 1 heterocycles. The van der Waals surface area contributed by atoms with Crippen molar-refractivity contribution in [3.63, 3.8) is 0 Å². The molecule has 0 spiro atoms. The molecule has 1 aromatic rings. The van der Waals surface area contributed by atoms with E-state index in [1.54, 1.807) is 26.0 Å². The molecule has 1 unspecified atom stereocenters. The van der Waals surface area contributed by atoms with E-state index in [2.05, 4.69) is 0 Å². The lowest BCUT2D eigenvalue weighted by atomic mass is 9.76. The number of carbonyl (C=O) groups excluding carboxylic acids is 2. The first-order valence-electron chi connectivity index (χ1n) is 8.45. The average Bonchev–Trinajstić information content (AvgIpc) is 3.09. The number of allylic oxidation sites excluding steroid dienone is 2. The molecule has 6 heteroatoms. The van der Waals surface area contributed by atoms with Crippen LogP contribution in [0.1, 0.15) is 45.2 Å². The maximum Gasteiger partial charge on any atom is 0.374 e. The Kier molecular flexibility index (Phi) is 5.54. The van der Waals surface area contributed by atoms with Crippen LogP contribution in [0, 0.1) is 17.8 Å². The Hall–Kier alpha value is -1.92. The fourth-order valence-corrected chi connectivity index (χ4v) is 4.29. The summed E-state index contributed by atoms with van der Waals surface area (Å²) in [7, 11) is 0. The summed E-state index contributed by atoms with van der Waals surface area (Å²) in [5.74, 6) is -2.20. The molecule has 25 heavy (non-hydrogen) atoms. The van der Waals surface area contributed by atoms with Gasteiger partial charge < -0.3 is 19.4 Å². The van der Waals surface area contributed by atoms with E-state index in [0.29, 0.717) is 5.57 Å². The molecule has 6 atom stereocenters. The second kappa shape index (κ2) is 7.14. The van der Waals surface area contributed by atoms with Crippen molar-refractivity contribution in [2.24, 2.45) is 17.8 Å². The minimum Gasteiger partial charge on any atom is -0.457 e. The maximum atomic E-state index is 12.3. The van der Waals surface area contributed by atoms with Crippen LogP contribution in [0.2, 0.25) is 0 Å². The zero-order valence-electron chi connectivity index (χ0n) is 15.2. The summed E-state index contributed by atoms with van der Waals surface area (Å²) in [5, 5.41) is 21.4. The molecule has 0 bridgehead atoms. The van der Waals surface area contributed by atoms with Gasteiger partial charge in [0.1, 0.15) is 11.7 Å². The molecular formula is C19H26O6. The van der Waals surface area contributed by atoms with Gasteiger partial charge in [-0.2, -0.15) is 0 Å². The molecule has 0 saturated heterocycles. The number of hydrogen-bond acceptors (Lipinski definition) is 6. The first-order valence-corrected chi connectivity index (χ1v) is 8.45. The van der Waals surface area contributed by atoms with E-state index >= 15 is 0 Å². The normalized spacial score (nSPS) is 34.0. The van der Waals surface area contributed by atoms with Crippen LogP contribution in [0.15, 0.2) is 34.5 Å². The molecule has 1 fully saturated rings. The van der Waals surface area contributed by atoms with Gasteiger partial charge in [0.05, 0.1) is 12.4 Å². The predicted molar refractivity (Wildman–Crippen MR) is 90.8 cm³/mol. The molecular weight excluding hydrogens is 324 g/mol. The van der Waals surface area contributed by atoms with E-state index in [0.717, 1.165) is 0 Å². The van der Waals surface area contributed by atoms with Crippen LogP contribution in [-0.2, 0) is 9.53 Å². The van der Waals surface area contributed by atoms with Crippen LogP contribution < -0.4 is 0 Å². The van der Waals surface area contributed by atoms with Crippen molar-refractivity contribution in [3.8, 4) is 0 Å². The fourth-order valence-electron chi connectivity index (χ4n) is 4.29. The van der Waals surface area contributed by atoms with Crippen molar-refractivity contribution in [1.29, 1.82) is 0 Å². The summed E-state index contributed by atoms with van der Waals surface area (Å²) < 4.78 is 10.6. The molecule has 1 aliphatic rings. The van der Waals surface area contributed by atoms with Gasteiger partial charge in [-0.3, -0.25) is 4.79 Å². The molecule has 1 saturated carbocycles. The maximum absolute atomic E-state index is 12.3. The molecule has 1 aromatic heterocycles. The zero-order valence-corrected chi connectivity index (χ0v) is 15.2. The molecule has 0 aromatic carbocycles. The SMILES string of the molecule is C/C=C(/C(C)=O)[C@H]1[C@H](C)[C@H](OC(=O)c2ccco2)[C@](C)(O)[C@H]1C(C)O. The zero-order chi connectivity index (χ0) is 18.9. The second-order valence-corrected chi connectivity index (χ2v) is 6.98. The van der Waals surface area contributed by atoms with Gasteiger partial charge >= 0.3 is 5.97 Å². The number of Topliss-reactive ketones (excluding diaryl/α,β-unsaturated/α-hetero) is 1. The quantitative estimate of drug-likeness (QED) is 0.625. The van der Waals surface area contributed by atoms with Crippen LogP contribution in [0.25, 0.3) is 0 Å². The van der Waals surface area contributed by atoms with E-state index in [1.807, 2.05) is 6.92 Å². The highest BCUT2D eigenvalue weighted by molar-refractivity contribution is 5.94. The van der Waals surface area contributed by atoms with Crippen molar-refractivity contribution in [1.82, 2.24) is 0 Å². The Morgan fingerprint density at radius 3 is 2.52 bits per heavy atom. The summed E-state index contributed by atoms with van der Waals surface area (Å²) in [5.41, 5.74) is -0.972. The average molecular weight is 350 g/mol. The minimum absolute atomic E-state index is 0.0397. The van der Waals surface area contributed by atoms with Crippen molar-refractivity contribution < 1.29 is 29.0 Å². The third kappa shape index (κ3) is 3.41. The van der Waals surface area contributed by atoms with Crippen LogP contribution >= 0.6 is 0 Å². The summed E-state index contributed by atoms with van der Waals surface area (Å²) in [6.45, 7) is 8.13. The van der Waals surface area contributed by atoms with Gasteiger partial charge in [-0.15, -0.1) is 0 Å². The van der Waals surface area contributed by atoms with Crippen LogP contribution in [0.5, 0.6) is 0 Å². The highest BCUT2D eigenvalue weighted by atomic mass is 16.6. The van der Waals surface area contributed by atoms with Crippen molar-refractivity contribution in [3.05, 3.63) is 35.8 Å². The lowest BCUT2D eigenvalue weighted by Crippen LogP contribution is -2.47. The van der Waals surface area contributed by atoms with E-state index in [4.69, 9.17) is 9.15 Å². The van der Waals surface area contributed by atoms with E-state index in [-0.39, 0.29) is 17.5 Å². The topological polar surface area (TPSA) is 97.0 Å². The molecule has 0 amide bonds. The summed E-state index contributed by atoms with van der Waals surface area (Å²) in [4.78, 5) is 24.3. The number of rotatable bonds is 5. The molecule has 138 valence electrons. The van der Waals surface area contributed by atoms with Gasteiger partial charge in [-0.05, 0) is 45.4 Å². The first kappa shape index (κ1) is 19.4. The number of hydrogen-bond donors (Lipinski definition) is 2. The number of aliphatic hydroxyl groups is 2. The van der Waals surface area contributed by atoms with Gasteiger partial charge in [0, 0.05) is 17.8 Å². The standard InChI is InChI=1S/C19H26O6/c1-6-13(11(3)20)15-10(2)17(19(5,23)16(15)12(4)21)25-18(22)14-8-7-9-24-14/h6-10,12,15-17,21,23H,1-5H3/b13-6-/t10-,12?,15+,16-,17-,19+/m0/s1. The van der Waals surface area contributed by atoms with Gasteiger partial charge in [-0.25, -0.2) is 4.79 Å². The highest BCUT2D eigenvalue weighted by Crippen LogP contribution is 2.50. The van der Waals surface area contributed by atoms with E-state index in [9.17, 15) is 19.8 Å². The monoisotopic (exact) mass is 350 g/mol. The Morgan fingerprint density at radius 2 is 2.08 bits per heavy atom. The number of esters is 1. The molecule has 0 radical (unpaired) electrons. The van der Waals surface area contributed by atoms with Crippen molar-refractivity contribution in [2.75, 3.05) is 0 Å². The third-order valence-electron chi connectivity index (χ3n) is 5.23. The number of carbonyl (C=O) groups is 2. The van der Waals surface area contributed by atoms with Gasteiger partial charge in [0.25, 0.3) is 0 Å².